The number of methoxy groups -OCH3 is 1. The van der Waals surface area contributed by atoms with Crippen molar-refractivity contribution in [2.75, 3.05) is 45.7 Å². The maximum absolute atomic E-state index is 5.76. The molecule has 2 heterocycles. The molecular weight excluding hydrogens is 294 g/mol. The molecule has 0 radical (unpaired) electrons. The van der Waals surface area contributed by atoms with Gasteiger partial charge in [-0.05, 0) is 17.7 Å². The molecule has 0 unspecified atom stereocenters. The van der Waals surface area contributed by atoms with Gasteiger partial charge < -0.3 is 19.6 Å². The first-order chi connectivity index (χ1) is 11.2. The zero-order valence-electron chi connectivity index (χ0n) is 13.5. The Morgan fingerprint density at radius 1 is 1.30 bits per heavy atom. The third-order valence-corrected chi connectivity index (χ3v) is 4.06. The summed E-state index contributed by atoms with van der Waals surface area (Å²) >= 11 is 0. The Labute approximate surface area is 136 Å². The molecule has 124 valence electrons. The van der Waals surface area contributed by atoms with E-state index in [0.717, 1.165) is 62.0 Å². The Morgan fingerprint density at radius 2 is 2.13 bits per heavy atom. The molecule has 0 spiro atoms. The fourth-order valence-corrected chi connectivity index (χ4v) is 2.79. The highest BCUT2D eigenvalue weighted by atomic mass is 16.5. The normalized spacial score (nSPS) is 15.7. The van der Waals surface area contributed by atoms with Crippen molar-refractivity contribution in [3.63, 3.8) is 0 Å². The lowest BCUT2D eigenvalue weighted by atomic mass is 10.1. The van der Waals surface area contributed by atoms with Gasteiger partial charge in [0.05, 0.1) is 26.0 Å². The van der Waals surface area contributed by atoms with E-state index in [2.05, 4.69) is 9.88 Å². The second kappa shape index (κ2) is 7.48. The van der Waals surface area contributed by atoms with Gasteiger partial charge in [-0.2, -0.15) is 4.98 Å². The Balaban J connectivity index is 1.67. The van der Waals surface area contributed by atoms with Gasteiger partial charge in [0.2, 0.25) is 0 Å². The molecule has 0 bridgehead atoms. The van der Waals surface area contributed by atoms with Crippen LogP contribution in [0.2, 0.25) is 0 Å². The van der Waals surface area contributed by atoms with Crippen LogP contribution in [-0.4, -0.2) is 49.8 Å². The quantitative estimate of drug-likeness (QED) is 0.874. The fourth-order valence-electron chi connectivity index (χ4n) is 2.79. The smallest absolute Gasteiger partial charge is 0.292 e. The first-order valence-corrected chi connectivity index (χ1v) is 7.91. The number of nitrogen functional groups attached to an aromatic ring is 1. The van der Waals surface area contributed by atoms with E-state index in [1.807, 2.05) is 24.3 Å². The monoisotopic (exact) mass is 317 g/mol. The highest BCUT2D eigenvalue weighted by Gasteiger charge is 2.16. The summed E-state index contributed by atoms with van der Waals surface area (Å²) in [7, 11) is 1.67. The van der Waals surface area contributed by atoms with E-state index < -0.39 is 0 Å². The molecular formula is C17H23N3O3. The van der Waals surface area contributed by atoms with E-state index in [9.17, 15) is 0 Å². The number of morpholine rings is 1. The van der Waals surface area contributed by atoms with Crippen molar-refractivity contribution in [3.05, 3.63) is 41.3 Å². The number of benzene rings is 1. The van der Waals surface area contributed by atoms with Crippen LogP contribution in [0.25, 0.3) is 0 Å². The lowest BCUT2D eigenvalue weighted by Gasteiger charge is -2.26. The highest BCUT2D eigenvalue weighted by molar-refractivity contribution is 5.32. The first-order valence-electron chi connectivity index (χ1n) is 7.91. The van der Waals surface area contributed by atoms with Crippen LogP contribution in [0.15, 0.2) is 28.7 Å². The van der Waals surface area contributed by atoms with Gasteiger partial charge in [0, 0.05) is 32.5 Å². The molecule has 0 aliphatic carbocycles. The number of ether oxygens (including phenoxy) is 2. The SMILES string of the molecule is COc1cccc(Cc2oc(N)nc2CCN2CCOCC2)c1. The summed E-state index contributed by atoms with van der Waals surface area (Å²) in [6.45, 7) is 4.49. The molecule has 0 saturated carbocycles. The summed E-state index contributed by atoms with van der Waals surface area (Å²) in [5.41, 5.74) is 7.82. The maximum Gasteiger partial charge on any atom is 0.292 e. The van der Waals surface area contributed by atoms with Crippen molar-refractivity contribution in [1.82, 2.24) is 9.88 Å². The summed E-state index contributed by atoms with van der Waals surface area (Å²) in [6.07, 6.45) is 1.50. The minimum Gasteiger partial charge on any atom is -0.497 e. The maximum atomic E-state index is 5.76. The van der Waals surface area contributed by atoms with Crippen molar-refractivity contribution in [2.45, 2.75) is 12.8 Å². The molecule has 6 nitrogen and oxygen atoms in total. The highest BCUT2D eigenvalue weighted by Crippen LogP contribution is 2.21. The van der Waals surface area contributed by atoms with Crippen molar-refractivity contribution in [3.8, 4) is 5.75 Å². The standard InChI is InChI=1S/C17H23N3O3/c1-21-14-4-2-3-13(11-14)12-16-15(19-17(18)23-16)5-6-20-7-9-22-10-8-20/h2-4,11H,5-10,12H2,1H3,(H2,18,19). The molecule has 23 heavy (non-hydrogen) atoms. The topological polar surface area (TPSA) is 73.8 Å². The molecule has 1 fully saturated rings. The van der Waals surface area contributed by atoms with Gasteiger partial charge in [0.1, 0.15) is 11.5 Å². The Hall–Kier alpha value is -2.05. The first kappa shape index (κ1) is 15.8. The van der Waals surface area contributed by atoms with Gasteiger partial charge in [0.15, 0.2) is 0 Å². The largest absolute Gasteiger partial charge is 0.497 e. The molecule has 1 aromatic carbocycles. The number of oxazole rings is 1. The van der Waals surface area contributed by atoms with Crippen LogP contribution in [0.4, 0.5) is 6.01 Å². The molecule has 1 saturated heterocycles. The van der Waals surface area contributed by atoms with Gasteiger partial charge in [-0.15, -0.1) is 0 Å². The van der Waals surface area contributed by atoms with Crippen LogP contribution in [-0.2, 0) is 17.6 Å². The average molecular weight is 317 g/mol. The van der Waals surface area contributed by atoms with Gasteiger partial charge in [0.25, 0.3) is 6.01 Å². The molecule has 0 atom stereocenters. The summed E-state index contributed by atoms with van der Waals surface area (Å²) in [6, 6.07) is 8.19. The number of nitrogens with zero attached hydrogens (tertiary/aromatic N) is 2. The van der Waals surface area contributed by atoms with Crippen LogP contribution in [0.3, 0.4) is 0 Å². The zero-order chi connectivity index (χ0) is 16.1. The van der Waals surface area contributed by atoms with Crippen molar-refractivity contribution in [1.29, 1.82) is 0 Å². The van der Waals surface area contributed by atoms with Crippen molar-refractivity contribution >= 4 is 6.01 Å². The predicted molar refractivity (Wildman–Crippen MR) is 87.7 cm³/mol. The van der Waals surface area contributed by atoms with Crippen LogP contribution < -0.4 is 10.5 Å². The summed E-state index contributed by atoms with van der Waals surface area (Å²) in [5.74, 6) is 1.67. The van der Waals surface area contributed by atoms with Crippen molar-refractivity contribution < 1.29 is 13.9 Å². The number of hydrogen-bond acceptors (Lipinski definition) is 6. The summed E-state index contributed by atoms with van der Waals surface area (Å²) in [4.78, 5) is 6.73. The summed E-state index contributed by atoms with van der Waals surface area (Å²) < 4.78 is 16.3. The number of anilines is 1. The molecule has 1 aliphatic heterocycles. The third-order valence-electron chi connectivity index (χ3n) is 4.06. The van der Waals surface area contributed by atoms with Gasteiger partial charge in [-0.1, -0.05) is 12.1 Å². The van der Waals surface area contributed by atoms with Gasteiger partial charge in [-0.25, -0.2) is 0 Å². The molecule has 6 heteroatoms. The van der Waals surface area contributed by atoms with Gasteiger partial charge in [-0.3, -0.25) is 4.90 Å². The minimum atomic E-state index is 0.236. The van der Waals surface area contributed by atoms with E-state index in [0.29, 0.717) is 6.42 Å². The predicted octanol–water partition coefficient (Wildman–Crippen LogP) is 1.73. The average Bonchev–Trinajstić information content (AvgIpc) is 2.93. The second-order valence-electron chi connectivity index (χ2n) is 5.65. The molecule has 2 N–H and O–H groups in total. The van der Waals surface area contributed by atoms with E-state index in [1.54, 1.807) is 7.11 Å². The Bertz CT molecular complexity index is 636. The fraction of sp³-hybridized carbons (Fsp3) is 0.471. The lowest BCUT2D eigenvalue weighted by Crippen LogP contribution is -2.37. The number of aromatic nitrogens is 1. The van der Waals surface area contributed by atoms with Crippen LogP contribution in [0, 0.1) is 0 Å². The third kappa shape index (κ3) is 4.24. The zero-order valence-corrected chi connectivity index (χ0v) is 13.5. The molecule has 2 aromatic rings. The van der Waals surface area contributed by atoms with Crippen LogP contribution in [0.5, 0.6) is 5.75 Å². The number of nitrogens with two attached hydrogens (primary N) is 1. The van der Waals surface area contributed by atoms with Crippen LogP contribution >= 0.6 is 0 Å². The van der Waals surface area contributed by atoms with Crippen molar-refractivity contribution in [2.24, 2.45) is 0 Å². The summed E-state index contributed by atoms with van der Waals surface area (Å²) in [5, 5.41) is 0. The van der Waals surface area contributed by atoms with Gasteiger partial charge >= 0.3 is 0 Å². The second-order valence-corrected chi connectivity index (χ2v) is 5.65. The lowest BCUT2D eigenvalue weighted by molar-refractivity contribution is 0.0383. The number of rotatable bonds is 6. The number of hydrogen-bond donors (Lipinski definition) is 1. The molecule has 1 aliphatic rings. The van der Waals surface area contributed by atoms with E-state index in [-0.39, 0.29) is 6.01 Å². The van der Waals surface area contributed by atoms with E-state index in [4.69, 9.17) is 19.6 Å². The minimum absolute atomic E-state index is 0.236. The van der Waals surface area contributed by atoms with E-state index >= 15 is 0 Å². The van der Waals surface area contributed by atoms with Crippen LogP contribution in [0.1, 0.15) is 17.0 Å². The molecule has 3 rings (SSSR count). The molecule has 0 amide bonds. The molecule has 1 aromatic heterocycles. The Morgan fingerprint density at radius 3 is 2.91 bits per heavy atom. The van der Waals surface area contributed by atoms with E-state index in [1.165, 1.54) is 0 Å². The Kier molecular flexibility index (Phi) is 5.15.